The monoisotopic (exact) mass is 399 g/mol. The van der Waals surface area contributed by atoms with Crippen molar-refractivity contribution in [3.8, 4) is 6.07 Å². The molecule has 3 heterocycles. The maximum Gasteiger partial charge on any atom is 0.142 e. The molecule has 0 aliphatic carbocycles. The molecule has 1 unspecified atom stereocenters. The van der Waals surface area contributed by atoms with Crippen molar-refractivity contribution in [1.29, 1.82) is 5.26 Å². The van der Waals surface area contributed by atoms with Crippen LogP contribution in [0.2, 0.25) is 0 Å². The predicted octanol–water partition coefficient (Wildman–Crippen LogP) is 3.34. The zero-order valence-corrected chi connectivity index (χ0v) is 18.8. The van der Waals surface area contributed by atoms with E-state index in [1.54, 1.807) is 6.07 Å². The SMILES string of the molecule is CC(C)CCN1CCN(C2(N(C)c3cccc(C#N)n3)CCOC(C)(C)C2)CC1. The molecule has 0 spiro atoms. The minimum Gasteiger partial charge on any atom is -0.375 e. The van der Waals surface area contributed by atoms with Crippen LogP contribution in [0.5, 0.6) is 0 Å². The summed E-state index contributed by atoms with van der Waals surface area (Å²) in [6.45, 7) is 15.2. The molecule has 1 aromatic rings. The van der Waals surface area contributed by atoms with Crippen LogP contribution in [0, 0.1) is 17.2 Å². The Morgan fingerprint density at radius 3 is 2.59 bits per heavy atom. The first-order valence-corrected chi connectivity index (χ1v) is 11.0. The van der Waals surface area contributed by atoms with Crippen molar-refractivity contribution >= 4 is 5.82 Å². The van der Waals surface area contributed by atoms with Crippen molar-refractivity contribution < 1.29 is 4.74 Å². The number of nitrogens with zero attached hydrogens (tertiary/aromatic N) is 5. The molecule has 0 amide bonds. The molecule has 0 radical (unpaired) electrons. The van der Waals surface area contributed by atoms with E-state index in [9.17, 15) is 5.26 Å². The number of hydrogen-bond donors (Lipinski definition) is 0. The summed E-state index contributed by atoms with van der Waals surface area (Å²) in [7, 11) is 2.13. The van der Waals surface area contributed by atoms with Gasteiger partial charge in [-0.05, 0) is 44.9 Å². The van der Waals surface area contributed by atoms with E-state index in [2.05, 4.69) is 60.5 Å². The third-order valence-corrected chi connectivity index (χ3v) is 6.50. The van der Waals surface area contributed by atoms with E-state index in [1.807, 2.05) is 12.1 Å². The standard InChI is InChI=1S/C23H37N5O/c1-19(2)9-11-27-12-14-28(15-13-27)23(10-16-29-22(3,4)18-23)26(5)21-8-6-7-20(17-24)25-21/h6-8,19H,9-16,18H2,1-5H3. The summed E-state index contributed by atoms with van der Waals surface area (Å²) in [5.74, 6) is 1.62. The summed E-state index contributed by atoms with van der Waals surface area (Å²) in [6, 6.07) is 7.90. The van der Waals surface area contributed by atoms with Gasteiger partial charge in [0.05, 0.1) is 17.9 Å². The first-order valence-electron chi connectivity index (χ1n) is 11.0. The van der Waals surface area contributed by atoms with Gasteiger partial charge in [0.2, 0.25) is 0 Å². The highest BCUT2D eigenvalue weighted by Crippen LogP contribution is 2.40. The first kappa shape index (κ1) is 22.0. The van der Waals surface area contributed by atoms with Crippen LogP contribution in [0.15, 0.2) is 18.2 Å². The molecule has 0 aromatic carbocycles. The summed E-state index contributed by atoms with van der Waals surface area (Å²) in [4.78, 5) is 12.2. The maximum atomic E-state index is 9.30. The summed E-state index contributed by atoms with van der Waals surface area (Å²) >= 11 is 0. The Morgan fingerprint density at radius 1 is 1.24 bits per heavy atom. The highest BCUT2D eigenvalue weighted by molar-refractivity contribution is 5.44. The van der Waals surface area contributed by atoms with Crippen molar-refractivity contribution in [3.63, 3.8) is 0 Å². The average Bonchev–Trinajstić information content (AvgIpc) is 2.71. The number of hydrogen-bond acceptors (Lipinski definition) is 6. The van der Waals surface area contributed by atoms with Crippen LogP contribution in [0.3, 0.4) is 0 Å². The second-order valence-corrected chi connectivity index (χ2v) is 9.58. The van der Waals surface area contributed by atoms with Gasteiger partial charge >= 0.3 is 0 Å². The smallest absolute Gasteiger partial charge is 0.142 e. The van der Waals surface area contributed by atoms with E-state index in [-0.39, 0.29) is 11.3 Å². The Labute approximate surface area is 176 Å². The lowest BCUT2D eigenvalue weighted by molar-refractivity contribution is -0.127. The molecule has 0 N–H and O–H groups in total. The van der Waals surface area contributed by atoms with Gasteiger partial charge in [-0.2, -0.15) is 5.26 Å². The normalized spacial score (nSPS) is 25.7. The van der Waals surface area contributed by atoms with Gasteiger partial charge in [0.1, 0.15) is 17.6 Å². The minimum atomic E-state index is -0.186. The summed E-state index contributed by atoms with van der Waals surface area (Å²) in [5, 5.41) is 9.30. The minimum absolute atomic E-state index is 0.146. The van der Waals surface area contributed by atoms with Crippen molar-refractivity contribution in [2.45, 2.75) is 58.2 Å². The Hall–Kier alpha value is -1.68. The van der Waals surface area contributed by atoms with Crippen LogP contribution in [-0.4, -0.2) is 72.4 Å². The van der Waals surface area contributed by atoms with E-state index in [4.69, 9.17) is 4.74 Å². The molecule has 29 heavy (non-hydrogen) atoms. The number of nitriles is 1. The Bertz CT molecular complexity index is 720. The average molecular weight is 400 g/mol. The fourth-order valence-corrected chi connectivity index (χ4v) is 4.79. The lowest BCUT2D eigenvalue weighted by atomic mass is 9.85. The Balaban J connectivity index is 1.82. The number of pyridine rings is 1. The van der Waals surface area contributed by atoms with Crippen LogP contribution in [0.4, 0.5) is 5.82 Å². The van der Waals surface area contributed by atoms with Gasteiger partial charge in [-0.15, -0.1) is 0 Å². The van der Waals surface area contributed by atoms with E-state index in [1.165, 1.54) is 13.0 Å². The first-order chi connectivity index (χ1) is 13.8. The number of anilines is 1. The predicted molar refractivity (Wildman–Crippen MR) is 117 cm³/mol. The molecule has 160 valence electrons. The second kappa shape index (κ2) is 8.99. The van der Waals surface area contributed by atoms with Crippen molar-refractivity contribution in [2.24, 2.45) is 5.92 Å². The molecular formula is C23H37N5O. The molecule has 0 saturated carbocycles. The van der Waals surface area contributed by atoms with Crippen LogP contribution in [-0.2, 0) is 4.74 Å². The largest absolute Gasteiger partial charge is 0.375 e. The van der Waals surface area contributed by atoms with E-state index < -0.39 is 0 Å². The van der Waals surface area contributed by atoms with Crippen LogP contribution in [0.1, 0.15) is 52.7 Å². The molecule has 1 atom stereocenters. The highest BCUT2D eigenvalue weighted by Gasteiger charge is 2.49. The summed E-state index contributed by atoms with van der Waals surface area (Å²) in [6.07, 6.45) is 3.12. The van der Waals surface area contributed by atoms with Gasteiger partial charge in [0.15, 0.2) is 0 Å². The van der Waals surface area contributed by atoms with E-state index in [0.717, 1.165) is 57.4 Å². The Kier molecular flexibility index (Phi) is 6.83. The van der Waals surface area contributed by atoms with Crippen molar-refractivity contribution in [3.05, 3.63) is 23.9 Å². The molecule has 1 aromatic heterocycles. The quantitative estimate of drug-likeness (QED) is 0.731. The lowest BCUT2D eigenvalue weighted by Crippen LogP contribution is -2.68. The molecule has 2 aliphatic heterocycles. The highest BCUT2D eigenvalue weighted by atomic mass is 16.5. The molecular weight excluding hydrogens is 362 g/mol. The van der Waals surface area contributed by atoms with Crippen molar-refractivity contribution in [2.75, 3.05) is 51.3 Å². The third kappa shape index (κ3) is 5.09. The summed E-state index contributed by atoms with van der Waals surface area (Å²) < 4.78 is 6.09. The van der Waals surface area contributed by atoms with E-state index in [0.29, 0.717) is 5.69 Å². The molecule has 6 nitrogen and oxygen atoms in total. The molecule has 0 bridgehead atoms. The molecule has 2 aliphatic rings. The molecule has 2 saturated heterocycles. The summed E-state index contributed by atoms with van der Waals surface area (Å²) in [5.41, 5.74) is 0.135. The molecule has 2 fully saturated rings. The van der Waals surface area contributed by atoms with Gasteiger partial charge in [0.25, 0.3) is 0 Å². The van der Waals surface area contributed by atoms with Crippen LogP contribution < -0.4 is 4.90 Å². The van der Waals surface area contributed by atoms with Crippen molar-refractivity contribution in [1.82, 2.24) is 14.8 Å². The van der Waals surface area contributed by atoms with Gasteiger partial charge in [-0.3, -0.25) is 4.90 Å². The van der Waals surface area contributed by atoms with Gasteiger partial charge in [0, 0.05) is 46.1 Å². The topological polar surface area (TPSA) is 55.6 Å². The second-order valence-electron chi connectivity index (χ2n) is 9.58. The Morgan fingerprint density at radius 2 is 1.97 bits per heavy atom. The zero-order valence-electron chi connectivity index (χ0n) is 18.8. The molecule has 3 rings (SSSR count). The zero-order chi connectivity index (χ0) is 21.1. The van der Waals surface area contributed by atoms with Gasteiger partial charge < -0.3 is 14.5 Å². The fraction of sp³-hybridized carbons (Fsp3) is 0.739. The van der Waals surface area contributed by atoms with Crippen LogP contribution in [0.25, 0.3) is 0 Å². The third-order valence-electron chi connectivity index (χ3n) is 6.50. The van der Waals surface area contributed by atoms with Gasteiger partial charge in [-0.1, -0.05) is 19.9 Å². The lowest BCUT2D eigenvalue weighted by Gasteiger charge is -2.57. The van der Waals surface area contributed by atoms with E-state index >= 15 is 0 Å². The number of aromatic nitrogens is 1. The number of rotatable bonds is 6. The molecule has 6 heteroatoms. The fourth-order valence-electron chi connectivity index (χ4n) is 4.79. The number of ether oxygens (including phenoxy) is 1. The van der Waals surface area contributed by atoms with Crippen LogP contribution >= 0.6 is 0 Å². The number of piperazine rings is 1. The van der Waals surface area contributed by atoms with Gasteiger partial charge in [-0.25, -0.2) is 4.98 Å². The maximum absolute atomic E-state index is 9.30.